The Bertz CT molecular complexity index is 473. The van der Waals surface area contributed by atoms with Gasteiger partial charge in [-0.3, -0.25) is 0 Å². The fraction of sp³-hybridized carbons (Fsp3) is 0.143. The molecule has 0 amide bonds. The highest BCUT2D eigenvalue weighted by Gasteiger charge is 2.34. The molecule has 4 nitrogen and oxygen atoms in total. The lowest BCUT2D eigenvalue weighted by molar-refractivity contribution is -0.136. The molecule has 0 bridgehead atoms. The number of fused-ring (bicyclic) bond motifs is 1. The molecule has 2 aromatic rings. The first-order valence-electron chi connectivity index (χ1n) is 3.65. The number of nitrogen functional groups attached to an aromatic ring is 1. The average molecular weight is 202 g/mol. The number of nitrogens with two attached hydrogens (primary N) is 1. The van der Waals surface area contributed by atoms with Crippen LogP contribution in [0.2, 0.25) is 0 Å². The Balaban J connectivity index is 2.77. The first-order valence-corrected chi connectivity index (χ1v) is 3.65. The minimum absolute atomic E-state index is 0.00852. The maximum Gasteiger partial charge on any atom is 0.420 e. The molecule has 0 aromatic carbocycles. The molecule has 0 aliphatic rings. The molecule has 0 radical (unpaired) electrons. The number of anilines is 1. The summed E-state index contributed by atoms with van der Waals surface area (Å²) in [4.78, 5) is 3.54. The Hall–Kier alpha value is -1.79. The SMILES string of the molecule is Nc1cn2nccc(C(F)(F)F)c2n1. The fourth-order valence-electron chi connectivity index (χ4n) is 1.14. The van der Waals surface area contributed by atoms with E-state index in [1.807, 2.05) is 0 Å². The van der Waals surface area contributed by atoms with Gasteiger partial charge in [0.1, 0.15) is 11.4 Å². The van der Waals surface area contributed by atoms with Crippen LogP contribution in [0, 0.1) is 0 Å². The van der Waals surface area contributed by atoms with Gasteiger partial charge in [-0.2, -0.15) is 18.3 Å². The summed E-state index contributed by atoms with van der Waals surface area (Å²) in [6.07, 6.45) is -2.16. The summed E-state index contributed by atoms with van der Waals surface area (Å²) in [6, 6.07) is 0.863. The zero-order valence-electron chi connectivity index (χ0n) is 6.78. The van der Waals surface area contributed by atoms with Gasteiger partial charge in [-0.1, -0.05) is 0 Å². The van der Waals surface area contributed by atoms with Gasteiger partial charge in [0.2, 0.25) is 0 Å². The van der Waals surface area contributed by atoms with Gasteiger partial charge in [0, 0.05) is 6.20 Å². The highest BCUT2D eigenvalue weighted by Crippen LogP contribution is 2.31. The van der Waals surface area contributed by atoms with E-state index in [4.69, 9.17) is 5.73 Å². The molecule has 7 heteroatoms. The molecule has 0 fully saturated rings. The first kappa shape index (κ1) is 8.79. The van der Waals surface area contributed by atoms with Gasteiger partial charge >= 0.3 is 6.18 Å². The molecular formula is C7H5F3N4. The van der Waals surface area contributed by atoms with E-state index >= 15 is 0 Å². The van der Waals surface area contributed by atoms with Crippen molar-refractivity contribution in [2.45, 2.75) is 6.18 Å². The number of alkyl halides is 3. The Morgan fingerprint density at radius 2 is 2.07 bits per heavy atom. The molecule has 2 rings (SSSR count). The van der Waals surface area contributed by atoms with Crippen molar-refractivity contribution in [3.63, 3.8) is 0 Å². The Labute approximate surface area is 76.2 Å². The van der Waals surface area contributed by atoms with Gasteiger partial charge in [0.05, 0.1) is 6.20 Å². The molecule has 0 aliphatic heterocycles. The zero-order chi connectivity index (χ0) is 10.3. The lowest BCUT2D eigenvalue weighted by atomic mass is 10.3. The van der Waals surface area contributed by atoms with Crippen LogP contribution in [0.25, 0.3) is 5.65 Å². The monoisotopic (exact) mass is 202 g/mol. The van der Waals surface area contributed by atoms with Crippen molar-refractivity contribution >= 4 is 11.5 Å². The second kappa shape index (κ2) is 2.60. The average Bonchev–Trinajstić information content (AvgIpc) is 2.41. The summed E-state index contributed by atoms with van der Waals surface area (Å²) >= 11 is 0. The van der Waals surface area contributed by atoms with E-state index in [1.54, 1.807) is 0 Å². The van der Waals surface area contributed by atoms with Crippen LogP contribution in [-0.4, -0.2) is 14.6 Å². The number of rotatable bonds is 0. The van der Waals surface area contributed by atoms with Crippen LogP contribution in [0.5, 0.6) is 0 Å². The smallest absolute Gasteiger partial charge is 0.382 e. The van der Waals surface area contributed by atoms with E-state index in [0.717, 1.165) is 16.8 Å². The predicted octanol–water partition coefficient (Wildman–Crippen LogP) is 1.33. The van der Waals surface area contributed by atoms with Crippen LogP contribution >= 0.6 is 0 Å². The Morgan fingerprint density at radius 3 is 2.71 bits per heavy atom. The Kier molecular flexibility index (Phi) is 1.63. The summed E-state index contributed by atoms with van der Waals surface area (Å²) < 4.78 is 38.2. The molecule has 14 heavy (non-hydrogen) atoms. The number of aromatic nitrogens is 3. The first-order chi connectivity index (χ1) is 6.48. The van der Waals surface area contributed by atoms with Crippen LogP contribution in [0.3, 0.4) is 0 Å². The minimum atomic E-state index is -4.44. The van der Waals surface area contributed by atoms with Gasteiger partial charge in [0.15, 0.2) is 5.65 Å². The van der Waals surface area contributed by atoms with E-state index < -0.39 is 11.7 Å². The molecule has 0 aliphatic carbocycles. The highest BCUT2D eigenvalue weighted by molar-refractivity contribution is 5.52. The van der Waals surface area contributed by atoms with Gasteiger partial charge in [-0.05, 0) is 6.07 Å². The van der Waals surface area contributed by atoms with Crippen molar-refractivity contribution in [2.75, 3.05) is 5.73 Å². The molecule has 0 unspecified atom stereocenters. The topological polar surface area (TPSA) is 56.2 Å². The van der Waals surface area contributed by atoms with Gasteiger partial charge in [-0.15, -0.1) is 0 Å². The quantitative estimate of drug-likeness (QED) is 0.701. The predicted molar refractivity (Wildman–Crippen MR) is 42.4 cm³/mol. The van der Waals surface area contributed by atoms with Crippen LogP contribution in [0.15, 0.2) is 18.5 Å². The van der Waals surface area contributed by atoms with Crippen molar-refractivity contribution in [1.29, 1.82) is 0 Å². The molecule has 0 atom stereocenters. The second-order valence-corrected chi connectivity index (χ2v) is 2.68. The molecular weight excluding hydrogens is 197 g/mol. The number of nitrogens with zero attached hydrogens (tertiary/aromatic N) is 3. The summed E-state index contributed by atoms with van der Waals surface area (Å²) in [5.74, 6) is 0.00852. The molecule has 2 aromatic heterocycles. The van der Waals surface area contributed by atoms with Gasteiger partial charge < -0.3 is 5.73 Å². The van der Waals surface area contributed by atoms with Crippen molar-refractivity contribution in [3.05, 3.63) is 24.0 Å². The fourth-order valence-corrected chi connectivity index (χ4v) is 1.14. The molecule has 74 valence electrons. The molecule has 0 saturated heterocycles. The van der Waals surface area contributed by atoms with Gasteiger partial charge in [0.25, 0.3) is 0 Å². The third kappa shape index (κ3) is 1.26. The molecule has 0 spiro atoms. The standard InChI is InChI=1S/C7H5F3N4/c8-7(9,10)4-1-2-12-14-3-5(11)13-6(4)14/h1-3H,11H2. The summed E-state index contributed by atoms with van der Waals surface area (Å²) in [5, 5.41) is 3.65. The summed E-state index contributed by atoms with van der Waals surface area (Å²) in [5.41, 5.74) is 4.14. The van der Waals surface area contributed by atoms with Crippen molar-refractivity contribution in [3.8, 4) is 0 Å². The lowest BCUT2D eigenvalue weighted by Crippen LogP contribution is -2.08. The van der Waals surface area contributed by atoms with E-state index in [2.05, 4.69) is 10.1 Å². The zero-order valence-corrected chi connectivity index (χ0v) is 6.78. The maximum absolute atomic E-state index is 12.4. The third-order valence-corrected chi connectivity index (χ3v) is 1.69. The van der Waals surface area contributed by atoms with Crippen molar-refractivity contribution in [2.24, 2.45) is 0 Å². The maximum atomic E-state index is 12.4. The molecule has 0 saturated carbocycles. The molecule has 2 heterocycles. The van der Waals surface area contributed by atoms with Crippen molar-refractivity contribution in [1.82, 2.24) is 14.6 Å². The third-order valence-electron chi connectivity index (χ3n) is 1.69. The summed E-state index contributed by atoms with van der Waals surface area (Å²) in [6.45, 7) is 0. The second-order valence-electron chi connectivity index (χ2n) is 2.68. The lowest BCUT2D eigenvalue weighted by Gasteiger charge is -2.05. The highest BCUT2D eigenvalue weighted by atomic mass is 19.4. The number of halogens is 3. The van der Waals surface area contributed by atoms with E-state index in [-0.39, 0.29) is 11.5 Å². The Morgan fingerprint density at radius 1 is 1.36 bits per heavy atom. The summed E-state index contributed by atoms with van der Waals surface area (Å²) in [7, 11) is 0. The van der Waals surface area contributed by atoms with Gasteiger partial charge in [-0.25, -0.2) is 9.50 Å². The number of imidazole rings is 1. The van der Waals surface area contributed by atoms with Crippen LogP contribution in [0.4, 0.5) is 19.0 Å². The van der Waals surface area contributed by atoms with Crippen LogP contribution in [0.1, 0.15) is 5.56 Å². The minimum Gasteiger partial charge on any atom is -0.382 e. The number of hydrogen-bond acceptors (Lipinski definition) is 3. The normalized spacial score (nSPS) is 12.2. The van der Waals surface area contributed by atoms with Crippen molar-refractivity contribution < 1.29 is 13.2 Å². The van der Waals surface area contributed by atoms with Crippen LogP contribution in [-0.2, 0) is 6.18 Å². The van der Waals surface area contributed by atoms with Crippen LogP contribution < -0.4 is 5.73 Å². The molecule has 2 N–H and O–H groups in total. The van der Waals surface area contributed by atoms with E-state index in [9.17, 15) is 13.2 Å². The largest absolute Gasteiger partial charge is 0.420 e. The van der Waals surface area contributed by atoms with E-state index in [1.165, 1.54) is 6.20 Å². The van der Waals surface area contributed by atoms with E-state index in [0.29, 0.717) is 0 Å². The number of hydrogen-bond donors (Lipinski definition) is 1.